The first-order chi connectivity index (χ1) is 11.7. The van der Waals surface area contributed by atoms with Gasteiger partial charge in [0.25, 0.3) is 0 Å². The Bertz CT molecular complexity index is 909. The number of para-hydroxylation sites is 1. The molecular weight excluding hydrogens is 357 g/mol. The van der Waals surface area contributed by atoms with Crippen LogP contribution in [0.3, 0.4) is 0 Å². The molecule has 0 aliphatic carbocycles. The minimum Gasteiger partial charge on any atom is -0.311 e. The van der Waals surface area contributed by atoms with Gasteiger partial charge in [-0.2, -0.15) is 13.2 Å². The molecule has 0 atom stereocenters. The van der Waals surface area contributed by atoms with Gasteiger partial charge in [0.15, 0.2) is 5.03 Å². The van der Waals surface area contributed by atoms with E-state index >= 15 is 0 Å². The minimum absolute atomic E-state index is 0.369. The molecule has 0 unspecified atom stereocenters. The lowest BCUT2D eigenvalue weighted by Crippen LogP contribution is -2.34. The molecule has 2 heterocycles. The highest BCUT2D eigenvalue weighted by molar-refractivity contribution is 7.92. The third-order valence-electron chi connectivity index (χ3n) is 3.88. The van der Waals surface area contributed by atoms with Gasteiger partial charge in [-0.1, -0.05) is 18.2 Å². The van der Waals surface area contributed by atoms with Gasteiger partial charge in [-0.25, -0.2) is 13.4 Å². The van der Waals surface area contributed by atoms with E-state index in [2.05, 4.69) is 4.98 Å². The highest BCUT2D eigenvalue weighted by atomic mass is 32.2. The minimum atomic E-state index is -4.61. The number of aromatic nitrogens is 1. The van der Waals surface area contributed by atoms with E-state index in [0.717, 1.165) is 11.6 Å². The first-order valence-corrected chi connectivity index (χ1v) is 8.98. The summed E-state index contributed by atoms with van der Waals surface area (Å²) >= 11 is 0. The molecular formula is C16H13F3N2O3S. The van der Waals surface area contributed by atoms with Crippen LogP contribution in [0.15, 0.2) is 47.6 Å². The van der Waals surface area contributed by atoms with Crippen molar-refractivity contribution in [3.8, 4) is 0 Å². The van der Waals surface area contributed by atoms with Crippen LogP contribution in [0.1, 0.15) is 11.1 Å². The molecule has 1 aromatic carbocycles. The second kappa shape index (κ2) is 6.14. The SMILES string of the molecule is O=C(CS(=O)(=O)c1ccc(C(F)(F)F)cn1)N1CCc2ccccc21. The Morgan fingerprint density at radius 2 is 1.88 bits per heavy atom. The fraction of sp³-hybridized carbons (Fsp3) is 0.250. The summed E-state index contributed by atoms with van der Waals surface area (Å²) in [6, 6.07) is 8.56. The zero-order valence-electron chi connectivity index (χ0n) is 12.8. The van der Waals surface area contributed by atoms with E-state index in [1.54, 1.807) is 12.1 Å². The second-order valence-corrected chi connectivity index (χ2v) is 7.50. The largest absolute Gasteiger partial charge is 0.417 e. The van der Waals surface area contributed by atoms with E-state index in [1.807, 2.05) is 12.1 Å². The molecule has 9 heteroatoms. The van der Waals surface area contributed by atoms with Crippen LogP contribution in [-0.4, -0.2) is 31.6 Å². The van der Waals surface area contributed by atoms with Gasteiger partial charge in [0.2, 0.25) is 15.7 Å². The van der Waals surface area contributed by atoms with Crippen LogP contribution in [-0.2, 0) is 27.2 Å². The van der Waals surface area contributed by atoms with Crippen LogP contribution in [0, 0.1) is 0 Å². The lowest BCUT2D eigenvalue weighted by Gasteiger charge is -2.17. The number of carbonyl (C=O) groups excluding carboxylic acids is 1. The number of nitrogens with zero attached hydrogens (tertiary/aromatic N) is 2. The number of hydrogen-bond acceptors (Lipinski definition) is 4. The Balaban J connectivity index is 1.79. The summed E-state index contributed by atoms with van der Waals surface area (Å²) in [7, 11) is -4.13. The standard InChI is InChI=1S/C16H13F3N2O3S/c17-16(18,19)12-5-6-14(20-9-12)25(23,24)10-15(22)21-8-7-11-3-1-2-4-13(11)21/h1-6,9H,7-8,10H2. The Kier molecular flexibility index (Phi) is 4.28. The molecule has 1 amide bonds. The maximum Gasteiger partial charge on any atom is 0.417 e. The lowest BCUT2D eigenvalue weighted by molar-refractivity contribution is -0.137. The van der Waals surface area contributed by atoms with Crippen LogP contribution >= 0.6 is 0 Å². The second-order valence-electron chi connectivity index (χ2n) is 5.57. The van der Waals surface area contributed by atoms with Crippen molar-refractivity contribution in [2.45, 2.75) is 17.6 Å². The summed E-state index contributed by atoms with van der Waals surface area (Å²) in [6.45, 7) is 0.369. The Morgan fingerprint density at radius 1 is 1.16 bits per heavy atom. The number of alkyl halides is 3. The van der Waals surface area contributed by atoms with Gasteiger partial charge in [0.05, 0.1) is 5.56 Å². The molecule has 3 rings (SSSR count). The fourth-order valence-corrected chi connectivity index (χ4v) is 3.76. The molecule has 0 N–H and O–H groups in total. The van der Waals surface area contributed by atoms with Gasteiger partial charge in [-0.15, -0.1) is 0 Å². The molecule has 25 heavy (non-hydrogen) atoms. The predicted octanol–water partition coefficient (Wildman–Crippen LogP) is 2.46. The summed E-state index contributed by atoms with van der Waals surface area (Å²) in [5, 5.41) is -0.554. The average molecular weight is 370 g/mol. The van der Waals surface area contributed by atoms with E-state index in [-0.39, 0.29) is 0 Å². The molecule has 0 radical (unpaired) electrons. The van der Waals surface area contributed by atoms with E-state index < -0.39 is 38.3 Å². The number of hydrogen-bond donors (Lipinski definition) is 0. The van der Waals surface area contributed by atoms with Crippen LogP contribution in [0.2, 0.25) is 0 Å². The van der Waals surface area contributed by atoms with Gasteiger partial charge >= 0.3 is 6.18 Å². The van der Waals surface area contributed by atoms with Crippen LogP contribution in [0.5, 0.6) is 0 Å². The molecule has 2 aromatic rings. The van der Waals surface area contributed by atoms with Crippen molar-refractivity contribution in [1.29, 1.82) is 0 Å². The third-order valence-corrected chi connectivity index (χ3v) is 5.39. The Hall–Kier alpha value is -2.42. The van der Waals surface area contributed by atoms with Gasteiger partial charge in [-0.3, -0.25) is 4.79 Å². The van der Waals surface area contributed by atoms with Gasteiger partial charge in [0.1, 0.15) is 5.75 Å². The number of halogens is 3. The fourth-order valence-electron chi connectivity index (χ4n) is 2.64. The molecule has 132 valence electrons. The van der Waals surface area contributed by atoms with Crippen LogP contribution in [0.4, 0.5) is 18.9 Å². The summed E-state index contributed by atoms with van der Waals surface area (Å²) in [4.78, 5) is 17.1. The first-order valence-electron chi connectivity index (χ1n) is 7.33. The van der Waals surface area contributed by atoms with Crippen molar-refractivity contribution in [2.24, 2.45) is 0 Å². The molecule has 0 saturated heterocycles. The smallest absolute Gasteiger partial charge is 0.311 e. The summed E-state index contributed by atoms with van der Waals surface area (Å²) in [5.74, 6) is -1.48. The lowest BCUT2D eigenvalue weighted by atomic mass is 10.2. The molecule has 1 aliphatic heterocycles. The van der Waals surface area contributed by atoms with Crippen molar-refractivity contribution in [3.63, 3.8) is 0 Å². The van der Waals surface area contributed by atoms with Crippen molar-refractivity contribution in [1.82, 2.24) is 4.98 Å². The van der Waals surface area contributed by atoms with E-state index in [1.165, 1.54) is 4.90 Å². The van der Waals surface area contributed by atoms with E-state index in [4.69, 9.17) is 0 Å². The summed E-state index contributed by atoms with van der Waals surface area (Å²) in [5.41, 5.74) is 0.551. The van der Waals surface area contributed by atoms with Crippen molar-refractivity contribution < 1.29 is 26.4 Å². The topological polar surface area (TPSA) is 67.3 Å². The zero-order chi connectivity index (χ0) is 18.2. The Morgan fingerprint density at radius 3 is 2.52 bits per heavy atom. The van der Waals surface area contributed by atoms with Crippen LogP contribution in [0.25, 0.3) is 0 Å². The number of carbonyl (C=O) groups is 1. The molecule has 0 bridgehead atoms. The van der Waals surface area contributed by atoms with Crippen molar-refractivity contribution in [2.75, 3.05) is 17.2 Å². The molecule has 5 nitrogen and oxygen atoms in total. The number of rotatable bonds is 3. The number of anilines is 1. The van der Waals surface area contributed by atoms with Crippen molar-refractivity contribution in [3.05, 3.63) is 53.7 Å². The molecule has 0 spiro atoms. The van der Waals surface area contributed by atoms with Gasteiger partial charge in [0, 0.05) is 18.4 Å². The monoisotopic (exact) mass is 370 g/mol. The number of sulfone groups is 1. The quantitative estimate of drug-likeness (QED) is 0.833. The summed E-state index contributed by atoms with van der Waals surface area (Å²) in [6.07, 6.45) is -3.53. The molecule has 1 aliphatic rings. The third kappa shape index (κ3) is 3.51. The highest BCUT2D eigenvalue weighted by Gasteiger charge is 2.33. The van der Waals surface area contributed by atoms with Crippen molar-refractivity contribution >= 4 is 21.4 Å². The molecule has 0 fully saturated rings. The van der Waals surface area contributed by atoms with Crippen LogP contribution < -0.4 is 4.90 Å². The highest BCUT2D eigenvalue weighted by Crippen LogP contribution is 2.30. The van der Waals surface area contributed by atoms with E-state index in [9.17, 15) is 26.4 Å². The number of amides is 1. The van der Waals surface area contributed by atoms with E-state index in [0.29, 0.717) is 30.9 Å². The van der Waals surface area contributed by atoms with Gasteiger partial charge in [-0.05, 0) is 30.2 Å². The summed E-state index contributed by atoms with van der Waals surface area (Å²) < 4.78 is 62.1. The maximum absolute atomic E-state index is 12.5. The normalized spacial score (nSPS) is 14.4. The number of fused-ring (bicyclic) bond motifs is 1. The molecule has 0 saturated carbocycles. The first kappa shape index (κ1) is 17.4. The maximum atomic E-state index is 12.5. The number of benzene rings is 1. The molecule has 1 aromatic heterocycles. The van der Waals surface area contributed by atoms with Gasteiger partial charge < -0.3 is 4.90 Å². The average Bonchev–Trinajstić information content (AvgIpc) is 2.98. The predicted molar refractivity (Wildman–Crippen MR) is 83.8 cm³/mol. The Labute approximate surface area is 142 Å². The zero-order valence-corrected chi connectivity index (χ0v) is 13.6. The number of pyridine rings is 1.